The molecule has 6 N–H and O–H groups in total. The average Bonchev–Trinajstić information content (AvgIpc) is 2.22. The van der Waals surface area contributed by atoms with E-state index in [0.717, 1.165) is 0 Å². The predicted molar refractivity (Wildman–Crippen MR) is 59.0 cm³/mol. The van der Waals surface area contributed by atoms with Crippen molar-refractivity contribution in [2.45, 2.75) is 12.5 Å². The maximum absolute atomic E-state index is 11.6. The molecule has 0 aromatic rings. The zero-order valence-corrected chi connectivity index (χ0v) is 9.85. The first-order chi connectivity index (χ1) is 7.69. The standard InChI is InChI=1S/C8H16N2O6S/c9-6(8(14)15)1-2-17(10,16)4-5(3-11)7(12)13/h5-6,10-11H,1-4,9H2,(H,12,13)(H,14,15)/t5?,6-,17?/m0/s1. The summed E-state index contributed by atoms with van der Waals surface area (Å²) in [6.45, 7) is -0.712. The van der Waals surface area contributed by atoms with Crippen LogP contribution in [0, 0.1) is 10.7 Å². The Morgan fingerprint density at radius 1 is 1.29 bits per heavy atom. The Kier molecular flexibility index (Phi) is 6.07. The molecular formula is C8H16N2O6S. The lowest BCUT2D eigenvalue weighted by Gasteiger charge is -2.13. The SMILES string of the molecule is N=S(=O)(CC[C@H](N)C(=O)O)CC(CO)C(=O)O. The van der Waals surface area contributed by atoms with Crippen LogP contribution in [0.1, 0.15) is 6.42 Å². The molecule has 17 heavy (non-hydrogen) atoms. The molecule has 0 saturated carbocycles. The Bertz CT molecular complexity index is 379. The number of rotatable bonds is 8. The van der Waals surface area contributed by atoms with Gasteiger partial charge in [-0.1, -0.05) is 0 Å². The van der Waals surface area contributed by atoms with Crippen LogP contribution >= 0.6 is 0 Å². The maximum atomic E-state index is 11.6. The lowest BCUT2D eigenvalue weighted by Crippen LogP contribution is -2.34. The van der Waals surface area contributed by atoms with E-state index in [0.29, 0.717) is 0 Å². The highest BCUT2D eigenvalue weighted by Crippen LogP contribution is 2.06. The second kappa shape index (κ2) is 6.52. The van der Waals surface area contributed by atoms with E-state index in [-0.39, 0.29) is 12.2 Å². The number of carboxylic acids is 2. The monoisotopic (exact) mass is 268 g/mol. The molecule has 0 fully saturated rings. The Hall–Kier alpha value is -1.19. The van der Waals surface area contributed by atoms with Crippen molar-refractivity contribution in [2.24, 2.45) is 11.7 Å². The zero-order valence-electron chi connectivity index (χ0n) is 9.04. The van der Waals surface area contributed by atoms with Gasteiger partial charge in [-0.2, -0.15) is 0 Å². The third-order valence-corrected chi connectivity index (χ3v) is 3.95. The summed E-state index contributed by atoms with van der Waals surface area (Å²) in [4.78, 5) is 21.0. The molecule has 0 saturated heterocycles. The molecule has 0 spiro atoms. The number of carbonyl (C=O) groups is 2. The minimum absolute atomic E-state index is 0.171. The molecule has 3 atom stereocenters. The van der Waals surface area contributed by atoms with E-state index in [4.69, 9.17) is 25.8 Å². The highest BCUT2D eigenvalue weighted by atomic mass is 32.2. The summed E-state index contributed by atoms with van der Waals surface area (Å²) >= 11 is 0. The third kappa shape index (κ3) is 6.19. The molecule has 0 amide bonds. The van der Waals surface area contributed by atoms with Crippen molar-refractivity contribution in [3.05, 3.63) is 0 Å². The second-order valence-electron chi connectivity index (χ2n) is 3.63. The van der Waals surface area contributed by atoms with E-state index < -0.39 is 46.0 Å². The summed E-state index contributed by atoms with van der Waals surface area (Å²) in [7, 11) is -3.25. The van der Waals surface area contributed by atoms with Crippen LogP contribution < -0.4 is 5.73 Å². The smallest absolute Gasteiger partial charge is 0.320 e. The molecule has 2 unspecified atom stereocenters. The summed E-state index contributed by atoms with van der Waals surface area (Å²) in [6, 6.07) is -1.22. The van der Waals surface area contributed by atoms with Crippen molar-refractivity contribution in [1.82, 2.24) is 0 Å². The second-order valence-corrected chi connectivity index (χ2v) is 6.00. The van der Waals surface area contributed by atoms with Crippen LogP contribution in [0.3, 0.4) is 0 Å². The van der Waals surface area contributed by atoms with Crippen LogP contribution in [0.15, 0.2) is 0 Å². The molecule has 8 nitrogen and oxygen atoms in total. The number of aliphatic hydroxyl groups is 1. The fourth-order valence-corrected chi connectivity index (χ4v) is 2.75. The molecule has 0 heterocycles. The number of hydrogen-bond acceptors (Lipinski definition) is 6. The molecule has 0 rings (SSSR count). The molecule has 100 valence electrons. The van der Waals surface area contributed by atoms with Gasteiger partial charge in [-0.25, -0.2) is 4.21 Å². The van der Waals surface area contributed by atoms with Gasteiger partial charge in [-0.3, -0.25) is 14.4 Å². The number of hydrogen-bond donors (Lipinski definition) is 5. The third-order valence-electron chi connectivity index (χ3n) is 2.12. The van der Waals surface area contributed by atoms with Crippen molar-refractivity contribution >= 4 is 21.7 Å². The van der Waals surface area contributed by atoms with Gasteiger partial charge in [0.15, 0.2) is 0 Å². The summed E-state index contributed by atoms with van der Waals surface area (Å²) in [5.41, 5.74) is 5.17. The van der Waals surface area contributed by atoms with Crippen LogP contribution in [0.2, 0.25) is 0 Å². The van der Waals surface area contributed by atoms with Crippen molar-refractivity contribution < 1.29 is 29.1 Å². The van der Waals surface area contributed by atoms with Gasteiger partial charge in [0.2, 0.25) is 0 Å². The highest BCUT2D eigenvalue weighted by Gasteiger charge is 2.23. The van der Waals surface area contributed by atoms with Crippen LogP contribution in [-0.2, 0) is 19.3 Å². The molecule has 0 radical (unpaired) electrons. The lowest BCUT2D eigenvalue weighted by atomic mass is 10.2. The van der Waals surface area contributed by atoms with Crippen LogP contribution in [-0.4, -0.2) is 55.6 Å². The number of nitrogens with one attached hydrogen (secondary N) is 1. The van der Waals surface area contributed by atoms with Gasteiger partial charge >= 0.3 is 11.9 Å². The fraction of sp³-hybridized carbons (Fsp3) is 0.750. The van der Waals surface area contributed by atoms with E-state index in [9.17, 15) is 13.8 Å². The maximum Gasteiger partial charge on any atom is 0.320 e. The van der Waals surface area contributed by atoms with Crippen molar-refractivity contribution in [2.75, 3.05) is 18.1 Å². The van der Waals surface area contributed by atoms with E-state index in [1.165, 1.54) is 0 Å². The van der Waals surface area contributed by atoms with Crippen molar-refractivity contribution in [1.29, 1.82) is 4.78 Å². The van der Waals surface area contributed by atoms with Crippen molar-refractivity contribution in [3.8, 4) is 0 Å². The van der Waals surface area contributed by atoms with Gasteiger partial charge in [-0.05, 0) is 6.42 Å². The molecule has 0 aromatic heterocycles. The number of carboxylic acid groups (broad SMARTS) is 2. The van der Waals surface area contributed by atoms with Gasteiger partial charge in [0.05, 0.1) is 12.5 Å². The first-order valence-electron chi connectivity index (χ1n) is 4.76. The largest absolute Gasteiger partial charge is 0.481 e. The van der Waals surface area contributed by atoms with Crippen LogP contribution in [0.25, 0.3) is 0 Å². The molecule has 0 aliphatic heterocycles. The van der Waals surface area contributed by atoms with Crippen LogP contribution in [0.4, 0.5) is 0 Å². The molecule has 9 heteroatoms. The van der Waals surface area contributed by atoms with E-state index in [1.807, 2.05) is 0 Å². The molecule has 0 aromatic carbocycles. The molecule has 0 bridgehead atoms. The molecule has 0 aliphatic rings. The summed E-state index contributed by atoms with van der Waals surface area (Å²) in [5, 5.41) is 25.8. The lowest BCUT2D eigenvalue weighted by molar-refractivity contribution is -0.142. The van der Waals surface area contributed by atoms with Crippen molar-refractivity contribution in [3.63, 3.8) is 0 Å². The first-order valence-corrected chi connectivity index (χ1v) is 6.65. The van der Waals surface area contributed by atoms with Gasteiger partial charge in [0.25, 0.3) is 0 Å². The predicted octanol–water partition coefficient (Wildman–Crippen LogP) is -1.47. The highest BCUT2D eigenvalue weighted by molar-refractivity contribution is 7.92. The summed E-state index contributed by atoms with van der Waals surface area (Å²) in [6.07, 6.45) is -0.171. The Morgan fingerprint density at radius 3 is 2.18 bits per heavy atom. The summed E-state index contributed by atoms with van der Waals surface area (Å²) < 4.78 is 19.0. The van der Waals surface area contributed by atoms with Crippen LogP contribution in [0.5, 0.6) is 0 Å². The topological polar surface area (TPSA) is 162 Å². The zero-order chi connectivity index (χ0) is 13.6. The minimum Gasteiger partial charge on any atom is -0.481 e. The number of aliphatic carboxylic acids is 2. The number of aliphatic hydroxyl groups excluding tert-OH is 1. The normalized spacial score (nSPS) is 18.0. The average molecular weight is 268 g/mol. The van der Waals surface area contributed by atoms with E-state index in [1.54, 1.807) is 0 Å². The minimum atomic E-state index is -3.25. The summed E-state index contributed by atoms with van der Waals surface area (Å²) in [5.74, 6) is -4.69. The van der Waals surface area contributed by atoms with Gasteiger partial charge < -0.3 is 21.1 Å². The van der Waals surface area contributed by atoms with Gasteiger partial charge in [0.1, 0.15) is 6.04 Å². The quantitative estimate of drug-likeness (QED) is 0.359. The van der Waals surface area contributed by atoms with E-state index >= 15 is 0 Å². The Labute approximate surface area is 98.4 Å². The van der Waals surface area contributed by atoms with E-state index in [2.05, 4.69) is 0 Å². The fourth-order valence-electron chi connectivity index (χ4n) is 1.05. The molecular weight excluding hydrogens is 252 g/mol. The van der Waals surface area contributed by atoms with Gasteiger partial charge in [0, 0.05) is 21.2 Å². The Morgan fingerprint density at radius 2 is 1.82 bits per heavy atom. The first kappa shape index (κ1) is 15.8. The molecule has 0 aliphatic carbocycles. The number of nitrogens with two attached hydrogens (primary N) is 1. The Balaban J connectivity index is 4.39. The van der Waals surface area contributed by atoms with Gasteiger partial charge in [-0.15, -0.1) is 0 Å².